The van der Waals surface area contributed by atoms with Gasteiger partial charge in [-0.15, -0.1) is 6.58 Å². The molecule has 1 aliphatic heterocycles. The van der Waals surface area contributed by atoms with Gasteiger partial charge in [-0.1, -0.05) is 32.1 Å². The van der Waals surface area contributed by atoms with Crippen LogP contribution in [0.15, 0.2) is 53.2 Å². The van der Waals surface area contributed by atoms with Gasteiger partial charge in [0.15, 0.2) is 5.78 Å². The minimum atomic E-state index is -0.298. The number of amides is 2. The van der Waals surface area contributed by atoms with Crippen molar-refractivity contribution in [2.24, 2.45) is 10.4 Å². The number of benzene rings is 1. The van der Waals surface area contributed by atoms with E-state index < -0.39 is 0 Å². The molecule has 2 amide bonds. The molecule has 0 radical (unpaired) electrons. The van der Waals surface area contributed by atoms with Gasteiger partial charge in [0.05, 0.1) is 23.2 Å². The fourth-order valence-electron chi connectivity index (χ4n) is 3.92. The number of carbonyl (C=O) groups excluding carboxylic acids is 3. The summed E-state index contributed by atoms with van der Waals surface area (Å²) in [4.78, 5) is 43.3. The summed E-state index contributed by atoms with van der Waals surface area (Å²) in [7, 11) is 0. The van der Waals surface area contributed by atoms with Crippen LogP contribution < -0.4 is 0 Å². The van der Waals surface area contributed by atoms with E-state index >= 15 is 0 Å². The highest BCUT2D eigenvalue weighted by Gasteiger charge is 2.36. The van der Waals surface area contributed by atoms with Gasteiger partial charge >= 0.3 is 0 Å². The van der Waals surface area contributed by atoms with Crippen molar-refractivity contribution in [3.63, 3.8) is 0 Å². The maximum Gasteiger partial charge on any atom is 0.261 e. The van der Waals surface area contributed by atoms with Gasteiger partial charge in [0.1, 0.15) is 5.76 Å². The van der Waals surface area contributed by atoms with Crippen LogP contribution in [0.3, 0.4) is 0 Å². The van der Waals surface area contributed by atoms with Gasteiger partial charge < -0.3 is 5.11 Å². The lowest BCUT2D eigenvalue weighted by atomic mass is 9.75. The lowest BCUT2D eigenvalue weighted by Crippen LogP contribution is -2.32. The average Bonchev–Trinajstić information content (AvgIpc) is 2.89. The van der Waals surface area contributed by atoms with Crippen molar-refractivity contribution in [1.82, 2.24) is 4.90 Å². The molecule has 1 heterocycles. The minimum Gasteiger partial charge on any atom is -0.511 e. The Morgan fingerprint density at radius 2 is 1.79 bits per heavy atom. The lowest BCUT2D eigenvalue weighted by molar-refractivity contribution is -0.118. The van der Waals surface area contributed by atoms with Crippen LogP contribution in [0.25, 0.3) is 0 Å². The Hall–Kier alpha value is -3.02. The number of aliphatic hydroxyl groups excluding tert-OH is 1. The molecule has 0 bridgehead atoms. The number of allylic oxidation sites excluding steroid dienone is 2. The highest BCUT2D eigenvalue weighted by Crippen LogP contribution is 2.36. The highest BCUT2D eigenvalue weighted by molar-refractivity contribution is 6.23. The smallest absolute Gasteiger partial charge is 0.261 e. The van der Waals surface area contributed by atoms with Gasteiger partial charge in [0.2, 0.25) is 0 Å². The van der Waals surface area contributed by atoms with Gasteiger partial charge in [0.25, 0.3) is 11.8 Å². The SMILES string of the molecule is C=CCN=C(CCCN1C(=O)c2ccccc2C1=O)C1=C(O)CC(C)(C)CC1=O. The van der Waals surface area contributed by atoms with E-state index in [1.54, 1.807) is 30.3 Å². The average molecular weight is 394 g/mol. The second kappa shape index (κ2) is 8.15. The number of nitrogens with zero attached hydrogens (tertiary/aromatic N) is 2. The molecule has 0 fully saturated rings. The summed E-state index contributed by atoms with van der Waals surface area (Å²) in [5.74, 6) is -0.655. The summed E-state index contributed by atoms with van der Waals surface area (Å²) >= 11 is 0. The summed E-state index contributed by atoms with van der Waals surface area (Å²) in [5, 5.41) is 10.5. The fraction of sp³-hybridized carbons (Fsp3) is 0.391. The summed E-state index contributed by atoms with van der Waals surface area (Å²) in [6, 6.07) is 6.77. The Morgan fingerprint density at radius 1 is 1.17 bits per heavy atom. The van der Waals surface area contributed by atoms with E-state index in [2.05, 4.69) is 11.6 Å². The number of ketones is 1. The van der Waals surface area contributed by atoms with E-state index in [9.17, 15) is 19.5 Å². The van der Waals surface area contributed by atoms with Gasteiger partial charge in [-0.25, -0.2) is 0 Å². The number of aliphatic hydroxyl groups is 1. The third-order valence-electron chi connectivity index (χ3n) is 5.23. The van der Waals surface area contributed by atoms with Crippen LogP contribution >= 0.6 is 0 Å². The molecule has 0 spiro atoms. The van der Waals surface area contributed by atoms with Crippen molar-refractivity contribution in [1.29, 1.82) is 0 Å². The van der Waals surface area contributed by atoms with Crippen LogP contribution in [0.1, 0.15) is 60.2 Å². The van der Waals surface area contributed by atoms with Crippen LogP contribution in [-0.4, -0.2) is 46.4 Å². The van der Waals surface area contributed by atoms with Crippen molar-refractivity contribution >= 4 is 23.3 Å². The zero-order chi connectivity index (χ0) is 21.2. The first-order chi connectivity index (χ1) is 13.7. The van der Waals surface area contributed by atoms with Crippen molar-refractivity contribution < 1.29 is 19.5 Å². The monoisotopic (exact) mass is 394 g/mol. The largest absolute Gasteiger partial charge is 0.511 e. The molecule has 152 valence electrons. The zero-order valence-electron chi connectivity index (χ0n) is 16.9. The zero-order valence-corrected chi connectivity index (χ0v) is 16.9. The molecular formula is C23H26N2O4. The van der Waals surface area contributed by atoms with Crippen LogP contribution in [-0.2, 0) is 4.79 Å². The predicted molar refractivity (Wildman–Crippen MR) is 111 cm³/mol. The van der Waals surface area contributed by atoms with Crippen LogP contribution in [0, 0.1) is 5.41 Å². The van der Waals surface area contributed by atoms with Gasteiger partial charge in [0, 0.05) is 25.1 Å². The first-order valence-corrected chi connectivity index (χ1v) is 9.80. The molecule has 1 aromatic carbocycles. The molecule has 0 saturated heterocycles. The highest BCUT2D eigenvalue weighted by atomic mass is 16.3. The van der Waals surface area contributed by atoms with Gasteiger partial charge in [-0.3, -0.25) is 24.3 Å². The molecule has 29 heavy (non-hydrogen) atoms. The summed E-state index contributed by atoms with van der Waals surface area (Å²) in [6.45, 7) is 8.11. The number of aliphatic imine (C=N–C) groups is 1. The Balaban J connectivity index is 1.73. The number of carbonyl (C=O) groups is 3. The van der Waals surface area contributed by atoms with Crippen LogP contribution in [0.5, 0.6) is 0 Å². The topological polar surface area (TPSA) is 87.0 Å². The Labute approximate surface area is 170 Å². The molecule has 0 aromatic heterocycles. The second-order valence-electron chi connectivity index (χ2n) is 8.25. The normalized spacial score (nSPS) is 19.0. The predicted octanol–water partition coefficient (Wildman–Crippen LogP) is 3.89. The number of imide groups is 1. The second-order valence-corrected chi connectivity index (χ2v) is 8.25. The maximum absolute atomic E-state index is 12.7. The van der Waals surface area contributed by atoms with Crippen molar-refractivity contribution in [2.75, 3.05) is 13.1 Å². The molecule has 6 nitrogen and oxygen atoms in total. The first-order valence-electron chi connectivity index (χ1n) is 9.80. The maximum atomic E-state index is 12.7. The molecule has 2 aliphatic rings. The van der Waals surface area contributed by atoms with E-state index in [1.165, 1.54) is 4.90 Å². The summed E-state index contributed by atoms with van der Waals surface area (Å²) in [6.07, 6.45) is 3.22. The number of hydrogen-bond donors (Lipinski definition) is 1. The van der Waals surface area contributed by atoms with Crippen molar-refractivity contribution in [2.45, 2.75) is 39.5 Å². The first kappa shape index (κ1) is 20.7. The number of fused-ring (bicyclic) bond motifs is 1. The van der Waals surface area contributed by atoms with Gasteiger partial charge in [-0.2, -0.15) is 0 Å². The van der Waals surface area contributed by atoms with Gasteiger partial charge in [-0.05, 0) is 30.4 Å². The molecule has 0 saturated carbocycles. The molecule has 1 N–H and O–H groups in total. The Bertz CT molecular complexity index is 905. The van der Waals surface area contributed by atoms with E-state index in [-0.39, 0.29) is 40.9 Å². The van der Waals surface area contributed by atoms with Crippen LogP contribution in [0.4, 0.5) is 0 Å². The van der Waals surface area contributed by atoms with E-state index in [0.29, 0.717) is 49.1 Å². The third-order valence-corrected chi connectivity index (χ3v) is 5.23. The summed E-state index contributed by atoms with van der Waals surface area (Å²) in [5.41, 5.74) is 1.35. The lowest BCUT2D eigenvalue weighted by Gasteiger charge is -2.30. The van der Waals surface area contributed by atoms with E-state index in [0.717, 1.165) is 0 Å². The molecule has 0 unspecified atom stereocenters. The van der Waals surface area contributed by atoms with Crippen molar-refractivity contribution in [3.8, 4) is 0 Å². The van der Waals surface area contributed by atoms with Crippen molar-refractivity contribution in [3.05, 3.63) is 59.4 Å². The quantitative estimate of drug-likeness (QED) is 0.432. The van der Waals surface area contributed by atoms with Crippen LogP contribution in [0.2, 0.25) is 0 Å². The molecular weight excluding hydrogens is 368 g/mol. The minimum absolute atomic E-state index is 0.0646. The number of hydrogen-bond acceptors (Lipinski definition) is 5. The molecule has 1 aliphatic carbocycles. The molecule has 3 rings (SSSR count). The standard InChI is InChI=1S/C23H26N2O4/c1-4-11-24-17(20-18(26)13-23(2,3)14-19(20)27)10-7-12-25-21(28)15-8-5-6-9-16(15)22(25)29/h4-6,8-9,26H,1,7,10-14H2,2-3H3. The fourth-order valence-corrected chi connectivity index (χ4v) is 3.92. The number of rotatable bonds is 7. The van der Waals surface area contributed by atoms with E-state index in [1.807, 2.05) is 13.8 Å². The Kier molecular flexibility index (Phi) is 5.82. The Morgan fingerprint density at radius 3 is 2.34 bits per heavy atom. The molecule has 6 heteroatoms. The third kappa shape index (κ3) is 4.21. The summed E-state index contributed by atoms with van der Waals surface area (Å²) < 4.78 is 0. The molecule has 0 atom stereocenters. The molecule has 1 aromatic rings. The number of Topliss-reactive ketones (excluding diaryl/α,β-unsaturated/α-hetero) is 1. The van der Waals surface area contributed by atoms with E-state index in [4.69, 9.17) is 0 Å².